The maximum absolute atomic E-state index is 4.27. The minimum atomic E-state index is 0.889. The van der Waals surface area contributed by atoms with Crippen LogP contribution in [0.4, 0.5) is 0 Å². The van der Waals surface area contributed by atoms with E-state index < -0.39 is 0 Å². The predicted molar refractivity (Wildman–Crippen MR) is 63.8 cm³/mol. The summed E-state index contributed by atoms with van der Waals surface area (Å²) in [5.41, 5.74) is 3.45. The first-order valence-corrected chi connectivity index (χ1v) is 5.17. The van der Waals surface area contributed by atoms with Crippen molar-refractivity contribution in [3.8, 4) is 22.5 Å². The normalized spacial score (nSPS) is 10.5. The molecule has 0 aliphatic rings. The zero-order chi connectivity index (χ0) is 10.8. The highest BCUT2D eigenvalue weighted by molar-refractivity contribution is 5.79. The number of aromatic amines is 2. The van der Waals surface area contributed by atoms with E-state index in [1.165, 1.54) is 5.56 Å². The van der Waals surface area contributed by atoms with E-state index in [9.17, 15) is 0 Å². The Hall–Kier alpha value is -2.29. The van der Waals surface area contributed by atoms with Crippen LogP contribution in [0.15, 0.2) is 55.1 Å². The van der Waals surface area contributed by atoms with Crippen molar-refractivity contribution in [2.45, 2.75) is 0 Å². The lowest BCUT2D eigenvalue weighted by Crippen LogP contribution is -1.81. The first-order valence-electron chi connectivity index (χ1n) is 5.17. The van der Waals surface area contributed by atoms with E-state index in [-0.39, 0.29) is 0 Å². The molecule has 3 heteroatoms. The number of nitrogens with one attached hydrogen (secondary N) is 2. The molecule has 0 aliphatic heterocycles. The summed E-state index contributed by atoms with van der Waals surface area (Å²) >= 11 is 0. The van der Waals surface area contributed by atoms with Crippen molar-refractivity contribution in [1.82, 2.24) is 15.0 Å². The van der Waals surface area contributed by atoms with Gasteiger partial charge >= 0.3 is 0 Å². The molecule has 0 bridgehead atoms. The van der Waals surface area contributed by atoms with Gasteiger partial charge < -0.3 is 9.97 Å². The summed E-state index contributed by atoms with van der Waals surface area (Å²) in [5.74, 6) is 0.889. The van der Waals surface area contributed by atoms with E-state index in [0.717, 1.165) is 17.0 Å². The molecule has 0 spiro atoms. The molecule has 0 saturated heterocycles. The summed E-state index contributed by atoms with van der Waals surface area (Å²) < 4.78 is 0. The summed E-state index contributed by atoms with van der Waals surface area (Å²) in [5, 5.41) is 0. The Bertz CT molecular complexity index is 564. The SMILES string of the molecule is c1ccc(-c2c[nH]cc2-c2ncc[nH]2)cc1. The van der Waals surface area contributed by atoms with Crippen molar-refractivity contribution in [3.63, 3.8) is 0 Å². The summed E-state index contributed by atoms with van der Waals surface area (Å²) in [6.07, 6.45) is 7.54. The van der Waals surface area contributed by atoms with Crippen LogP contribution >= 0.6 is 0 Å². The molecular weight excluding hydrogens is 198 g/mol. The largest absolute Gasteiger partial charge is 0.366 e. The van der Waals surface area contributed by atoms with Crippen molar-refractivity contribution in [2.24, 2.45) is 0 Å². The predicted octanol–water partition coefficient (Wildman–Crippen LogP) is 3.07. The van der Waals surface area contributed by atoms with Crippen LogP contribution in [0.5, 0.6) is 0 Å². The van der Waals surface area contributed by atoms with Crippen LogP contribution in [0.3, 0.4) is 0 Å². The van der Waals surface area contributed by atoms with Gasteiger partial charge in [0.15, 0.2) is 0 Å². The molecule has 2 aromatic heterocycles. The molecule has 0 aliphatic carbocycles. The Morgan fingerprint density at radius 2 is 1.75 bits per heavy atom. The topological polar surface area (TPSA) is 44.5 Å². The second-order valence-corrected chi connectivity index (χ2v) is 3.59. The van der Waals surface area contributed by atoms with Gasteiger partial charge in [0.1, 0.15) is 5.82 Å². The van der Waals surface area contributed by atoms with E-state index in [2.05, 4.69) is 27.1 Å². The van der Waals surface area contributed by atoms with Crippen LogP contribution in [0, 0.1) is 0 Å². The van der Waals surface area contributed by atoms with Crippen molar-refractivity contribution >= 4 is 0 Å². The molecule has 3 nitrogen and oxygen atoms in total. The fraction of sp³-hybridized carbons (Fsp3) is 0. The average Bonchev–Trinajstić information content (AvgIpc) is 3.01. The van der Waals surface area contributed by atoms with Gasteiger partial charge in [0.05, 0.1) is 0 Å². The van der Waals surface area contributed by atoms with Crippen LogP contribution in [0.25, 0.3) is 22.5 Å². The highest BCUT2D eigenvalue weighted by Gasteiger charge is 2.09. The Kier molecular flexibility index (Phi) is 2.07. The molecule has 2 heterocycles. The molecule has 3 rings (SSSR count). The van der Waals surface area contributed by atoms with Gasteiger partial charge in [-0.3, -0.25) is 0 Å². The van der Waals surface area contributed by atoms with Gasteiger partial charge in [-0.05, 0) is 5.56 Å². The van der Waals surface area contributed by atoms with E-state index in [1.807, 2.05) is 36.8 Å². The lowest BCUT2D eigenvalue weighted by molar-refractivity contribution is 1.31. The van der Waals surface area contributed by atoms with E-state index in [1.54, 1.807) is 6.20 Å². The van der Waals surface area contributed by atoms with Crippen LogP contribution < -0.4 is 0 Å². The number of benzene rings is 1. The molecule has 1 aromatic carbocycles. The smallest absolute Gasteiger partial charge is 0.139 e. The summed E-state index contributed by atoms with van der Waals surface area (Å²) in [6.45, 7) is 0. The van der Waals surface area contributed by atoms with E-state index in [4.69, 9.17) is 0 Å². The van der Waals surface area contributed by atoms with Crippen molar-refractivity contribution in [3.05, 3.63) is 55.1 Å². The first kappa shape index (κ1) is 8.97. The maximum Gasteiger partial charge on any atom is 0.139 e. The maximum atomic E-state index is 4.27. The number of hydrogen-bond donors (Lipinski definition) is 2. The van der Waals surface area contributed by atoms with Crippen molar-refractivity contribution < 1.29 is 0 Å². The third-order valence-corrected chi connectivity index (χ3v) is 2.58. The molecule has 0 unspecified atom stereocenters. The Balaban J connectivity index is 2.14. The van der Waals surface area contributed by atoms with Crippen molar-refractivity contribution in [2.75, 3.05) is 0 Å². The fourth-order valence-corrected chi connectivity index (χ4v) is 1.83. The van der Waals surface area contributed by atoms with E-state index in [0.29, 0.717) is 0 Å². The second kappa shape index (κ2) is 3.70. The molecule has 0 fully saturated rings. The molecule has 3 aromatic rings. The van der Waals surface area contributed by atoms with E-state index >= 15 is 0 Å². The van der Waals surface area contributed by atoms with Crippen LogP contribution in [-0.2, 0) is 0 Å². The lowest BCUT2D eigenvalue weighted by atomic mass is 10.0. The number of aromatic nitrogens is 3. The van der Waals surface area contributed by atoms with Gasteiger partial charge in [-0.2, -0.15) is 0 Å². The zero-order valence-electron chi connectivity index (χ0n) is 8.64. The van der Waals surface area contributed by atoms with Crippen molar-refractivity contribution in [1.29, 1.82) is 0 Å². The Morgan fingerprint density at radius 1 is 0.938 bits per heavy atom. The average molecular weight is 209 g/mol. The minimum Gasteiger partial charge on any atom is -0.366 e. The molecule has 2 N–H and O–H groups in total. The molecule has 0 atom stereocenters. The van der Waals surface area contributed by atoms with Crippen LogP contribution in [-0.4, -0.2) is 15.0 Å². The molecule has 16 heavy (non-hydrogen) atoms. The summed E-state index contributed by atoms with van der Waals surface area (Å²) in [4.78, 5) is 10.5. The second-order valence-electron chi connectivity index (χ2n) is 3.59. The quantitative estimate of drug-likeness (QED) is 0.669. The van der Waals surface area contributed by atoms with Gasteiger partial charge in [0.2, 0.25) is 0 Å². The standard InChI is InChI=1S/C13H11N3/c1-2-4-10(5-3-1)11-8-14-9-12(11)13-15-6-7-16-13/h1-9,14H,(H,15,16). The van der Waals surface area contributed by atoms with Gasteiger partial charge in [-0.1, -0.05) is 30.3 Å². The third-order valence-electron chi connectivity index (χ3n) is 2.58. The highest BCUT2D eigenvalue weighted by Crippen LogP contribution is 2.29. The summed E-state index contributed by atoms with van der Waals surface area (Å²) in [7, 11) is 0. The monoisotopic (exact) mass is 209 g/mol. The zero-order valence-corrected chi connectivity index (χ0v) is 8.64. The van der Waals surface area contributed by atoms with Crippen LogP contribution in [0.2, 0.25) is 0 Å². The fourth-order valence-electron chi connectivity index (χ4n) is 1.83. The molecule has 78 valence electrons. The van der Waals surface area contributed by atoms with Gasteiger partial charge in [-0.25, -0.2) is 4.98 Å². The molecule has 0 amide bonds. The van der Waals surface area contributed by atoms with Gasteiger partial charge in [0.25, 0.3) is 0 Å². The Labute approximate surface area is 93.2 Å². The number of rotatable bonds is 2. The molecular formula is C13H11N3. The Morgan fingerprint density at radius 3 is 2.50 bits per heavy atom. The lowest BCUT2D eigenvalue weighted by Gasteiger charge is -2.00. The number of imidazole rings is 1. The highest BCUT2D eigenvalue weighted by atomic mass is 14.9. The molecule has 0 radical (unpaired) electrons. The van der Waals surface area contributed by atoms with Gasteiger partial charge in [0, 0.05) is 35.9 Å². The van der Waals surface area contributed by atoms with Crippen LogP contribution in [0.1, 0.15) is 0 Å². The minimum absolute atomic E-state index is 0.889. The number of nitrogens with zero attached hydrogens (tertiary/aromatic N) is 1. The number of H-pyrrole nitrogens is 2. The molecule has 0 saturated carbocycles. The third kappa shape index (κ3) is 1.42. The van der Waals surface area contributed by atoms with Gasteiger partial charge in [-0.15, -0.1) is 0 Å². The first-order chi connectivity index (χ1) is 7.95. The summed E-state index contributed by atoms with van der Waals surface area (Å²) in [6, 6.07) is 10.3. The number of hydrogen-bond acceptors (Lipinski definition) is 1.